The Morgan fingerprint density at radius 2 is 1.77 bits per heavy atom. The maximum Gasteiger partial charge on any atom is 0.354 e. The molecule has 0 saturated heterocycles. The second kappa shape index (κ2) is 7.95. The molecule has 162 valence electrons. The average Bonchev–Trinajstić information content (AvgIpc) is 3.20. The van der Waals surface area contributed by atoms with Crippen LogP contribution in [0.5, 0.6) is 0 Å². The number of carbonyl (C=O) groups is 5. The van der Waals surface area contributed by atoms with Crippen molar-refractivity contribution in [1.82, 2.24) is 9.97 Å². The lowest BCUT2D eigenvalue weighted by atomic mass is 9.75. The molecule has 1 aliphatic rings. The summed E-state index contributed by atoms with van der Waals surface area (Å²) in [7, 11) is 1.11. The van der Waals surface area contributed by atoms with Gasteiger partial charge in [-0.1, -0.05) is 0 Å². The first-order chi connectivity index (χ1) is 14.6. The van der Waals surface area contributed by atoms with Crippen LogP contribution in [0.1, 0.15) is 60.7 Å². The van der Waals surface area contributed by atoms with Crippen molar-refractivity contribution in [3.8, 4) is 11.3 Å². The molecule has 2 aromatic rings. The maximum absolute atomic E-state index is 13.2. The molecule has 0 saturated carbocycles. The van der Waals surface area contributed by atoms with Crippen molar-refractivity contribution in [3.63, 3.8) is 0 Å². The van der Waals surface area contributed by atoms with Crippen LogP contribution in [0.4, 0.5) is 0 Å². The van der Waals surface area contributed by atoms with Gasteiger partial charge in [0, 0.05) is 23.1 Å². The number of ketones is 4. The van der Waals surface area contributed by atoms with E-state index in [4.69, 9.17) is 0 Å². The summed E-state index contributed by atoms with van der Waals surface area (Å²) in [6.45, 7) is -0.833. The van der Waals surface area contributed by atoms with E-state index in [2.05, 4.69) is 14.7 Å². The number of hydrogen-bond acceptors (Lipinski definition) is 10. The predicted molar refractivity (Wildman–Crippen MR) is 102 cm³/mol. The molecule has 0 bridgehead atoms. The van der Waals surface area contributed by atoms with Gasteiger partial charge < -0.3 is 25.0 Å². The smallest absolute Gasteiger partial charge is 0.354 e. The van der Waals surface area contributed by atoms with Crippen LogP contribution in [0.25, 0.3) is 11.3 Å². The number of fused-ring (bicyclic) bond motifs is 3. The highest BCUT2D eigenvalue weighted by Crippen LogP contribution is 2.45. The van der Waals surface area contributed by atoms with Gasteiger partial charge in [0.1, 0.15) is 30.4 Å². The largest absolute Gasteiger partial charge is 0.464 e. The molecule has 31 heavy (non-hydrogen) atoms. The van der Waals surface area contributed by atoms with Crippen molar-refractivity contribution in [2.24, 2.45) is 0 Å². The van der Waals surface area contributed by atoms with Crippen molar-refractivity contribution in [2.45, 2.75) is 18.9 Å². The number of aliphatic hydroxyl groups excluding tert-OH is 2. The number of aromatic nitrogens is 2. The Morgan fingerprint density at radius 1 is 1.13 bits per heavy atom. The van der Waals surface area contributed by atoms with Crippen molar-refractivity contribution in [1.29, 1.82) is 0 Å². The lowest BCUT2D eigenvalue weighted by Crippen LogP contribution is -2.42. The number of carbonyl (C=O) groups excluding carboxylic acids is 5. The van der Waals surface area contributed by atoms with E-state index >= 15 is 0 Å². The van der Waals surface area contributed by atoms with E-state index in [9.17, 15) is 39.3 Å². The van der Waals surface area contributed by atoms with E-state index < -0.39 is 65.7 Å². The summed E-state index contributed by atoms with van der Waals surface area (Å²) in [4.78, 5) is 68.2. The first-order valence-electron chi connectivity index (χ1n) is 9.01. The van der Waals surface area contributed by atoms with Gasteiger partial charge in [-0.05, 0) is 19.1 Å². The molecule has 1 atom stereocenters. The Labute approximate surface area is 174 Å². The summed E-state index contributed by atoms with van der Waals surface area (Å²) in [6, 6.07) is 2.11. The second-order valence-corrected chi connectivity index (χ2v) is 6.97. The molecular formula is C20H18N2O9. The number of nitrogens with one attached hydrogen (secondary N) is 1. The van der Waals surface area contributed by atoms with Gasteiger partial charge in [0.15, 0.2) is 11.4 Å². The molecule has 0 aromatic carbocycles. The molecule has 3 rings (SSSR count). The number of hydrogen-bond donors (Lipinski definition) is 4. The fourth-order valence-electron chi connectivity index (χ4n) is 3.53. The fourth-order valence-corrected chi connectivity index (χ4v) is 3.53. The van der Waals surface area contributed by atoms with Crippen LogP contribution in [0.2, 0.25) is 0 Å². The zero-order chi connectivity index (χ0) is 23.1. The van der Waals surface area contributed by atoms with Crippen LogP contribution in [0.3, 0.4) is 0 Å². The summed E-state index contributed by atoms with van der Waals surface area (Å²) < 4.78 is 4.62. The topological polar surface area (TPSA) is 184 Å². The first-order valence-corrected chi connectivity index (χ1v) is 9.01. The van der Waals surface area contributed by atoms with Crippen molar-refractivity contribution in [3.05, 3.63) is 40.3 Å². The lowest BCUT2D eigenvalue weighted by Gasteiger charge is -2.32. The van der Waals surface area contributed by atoms with E-state index in [1.54, 1.807) is 0 Å². The van der Waals surface area contributed by atoms with Gasteiger partial charge in [0.2, 0.25) is 11.6 Å². The number of nitrogens with zero attached hydrogens (tertiary/aromatic N) is 1. The molecule has 1 unspecified atom stereocenters. The highest BCUT2D eigenvalue weighted by Gasteiger charge is 2.49. The number of pyridine rings is 1. The minimum absolute atomic E-state index is 0.0686. The monoisotopic (exact) mass is 430 g/mol. The minimum atomic E-state index is -2.56. The summed E-state index contributed by atoms with van der Waals surface area (Å²) in [5, 5.41) is 29.9. The third-order valence-corrected chi connectivity index (χ3v) is 4.88. The predicted octanol–water partition coefficient (Wildman–Crippen LogP) is -0.424. The zero-order valence-electron chi connectivity index (χ0n) is 16.5. The quantitative estimate of drug-likeness (QED) is 0.332. The molecule has 0 amide bonds. The van der Waals surface area contributed by atoms with Crippen LogP contribution < -0.4 is 0 Å². The molecule has 2 heterocycles. The van der Waals surface area contributed by atoms with Crippen LogP contribution in [-0.4, -0.2) is 74.7 Å². The number of Topliss-reactive ketones (excluding diaryl/α,β-unsaturated/α-hetero) is 4. The maximum atomic E-state index is 13.2. The molecule has 0 spiro atoms. The van der Waals surface area contributed by atoms with Gasteiger partial charge in [0.25, 0.3) is 0 Å². The van der Waals surface area contributed by atoms with Crippen molar-refractivity contribution in [2.75, 3.05) is 20.3 Å². The fraction of sp³-hybridized carbons (Fsp3) is 0.300. The number of ether oxygens (including phenoxy) is 1. The van der Waals surface area contributed by atoms with E-state index in [1.165, 1.54) is 0 Å². The highest BCUT2D eigenvalue weighted by atomic mass is 16.5. The minimum Gasteiger partial charge on any atom is -0.464 e. The highest BCUT2D eigenvalue weighted by molar-refractivity contribution is 6.17. The summed E-state index contributed by atoms with van der Waals surface area (Å²) in [5.74, 6) is -4.22. The Kier molecular flexibility index (Phi) is 5.68. The van der Waals surface area contributed by atoms with Gasteiger partial charge in [-0.25, -0.2) is 9.78 Å². The molecule has 2 aromatic heterocycles. The molecule has 11 heteroatoms. The molecule has 0 radical (unpaired) electrons. The number of H-pyrrole nitrogens is 1. The van der Waals surface area contributed by atoms with Crippen molar-refractivity contribution < 1.29 is 44.0 Å². The van der Waals surface area contributed by atoms with Crippen LogP contribution in [-0.2, 0) is 15.1 Å². The standard InChI is InChI=1S/C20H18N2O9/c1-8(25)5-20(30)17-15(9(13(26)6-23)3-11(22-17)14(27)7-24)16-10(18(20)28)4-12(21-16)19(29)31-2/h3-4,21,23-24,30H,5-7H2,1-2H3. The number of aliphatic hydroxyl groups is 3. The van der Waals surface area contributed by atoms with Gasteiger partial charge in [-0.2, -0.15) is 0 Å². The van der Waals surface area contributed by atoms with E-state index in [0.29, 0.717) is 0 Å². The Balaban J connectivity index is 2.46. The third kappa shape index (κ3) is 3.48. The molecular weight excluding hydrogens is 412 g/mol. The van der Waals surface area contributed by atoms with E-state index in [-0.39, 0.29) is 28.1 Å². The van der Waals surface area contributed by atoms with Gasteiger partial charge in [0.05, 0.1) is 18.5 Å². The number of methoxy groups -OCH3 is 1. The van der Waals surface area contributed by atoms with Crippen LogP contribution in [0, 0.1) is 0 Å². The second-order valence-electron chi connectivity index (χ2n) is 6.97. The lowest BCUT2D eigenvalue weighted by molar-refractivity contribution is -0.121. The van der Waals surface area contributed by atoms with Crippen LogP contribution >= 0.6 is 0 Å². The molecule has 0 aliphatic heterocycles. The van der Waals surface area contributed by atoms with Crippen molar-refractivity contribution >= 4 is 29.1 Å². The molecule has 4 N–H and O–H groups in total. The Morgan fingerprint density at radius 3 is 2.32 bits per heavy atom. The van der Waals surface area contributed by atoms with Gasteiger partial charge in [-0.3, -0.25) is 19.2 Å². The van der Waals surface area contributed by atoms with E-state index in [1.807, 2.05) is 0 Å². The summed E-state index contributed by atoms with van der Waals surface area (Å²) in [6.07, 6.45) is -0.729. The zero-order valence-corrected chi connectivity index (χ0v) is 16.5. The summed E-state index contributed by atoms with van der Waals surface area (Å²) in [5.41, 5.74) is -4.37. The SMILES string of the molecule is COC(=O)c1cc2c([nH]1)-c1c(C(=O)CO)cc(C(=O)CO)nc1C(O)(CC(C)=O)C2=O. The first kappa shape index (κ1) is 22.2. The molecule has 0 fully saturated rings. The molecule has 1 aliphatic carbocycles. The normalized spacial score (nSPS) is 17.0. The Bertz CT molecular complexity index is 1150. The van der Waals surface area contributed by atoms with Crippen LogP contribution in [0.15, 0.2) is 12.1 Å². The Hall–Kier alpha value is -3.54. The van der Waals surface area contributed by atoms with Gasteiger partial charge in [-0.15, -0.1) is 0 Å². The third-order valence-electron chi connectivity index (χ3n) is 4.88. The summed E-state index contributed by atoms with van der Waals surface area (Å²) >= 11 is 0. The number of rotatable bonds is 7. The molecule has 11 nitrogen and oxygen atoms in total. The number of esters is 1. The van der Waals surface area contributed by atoms with Gasteiger partial charge >= 0.3 is 5.97 Å². The average molecular weight is 430 g/mol. The van der Waals surface area contributed by atoms with E-state index in [0.717, 1.165) is 26.2 Å². The number of aromatic amines is 1.